The second-order valence-corrected chi connectivity index (χ2v) is 5.52. The standard InChI is InChI=1S/C15H22N2O2/c1-10-6-7-14(8-11(10)2)19-13-5-3-4-12(9-13)15(16)17-18/h3-5,9-11,14,18H,6-8H2,1-2H3,(H2,16,17). The van der Waals surface area contributed by atoms with E-state index in [1.54, 1.807) is 6.07 Å². The van der Waals surface area contributed by atoms with Gasteiger partial charge >= 0.3 is 0 Å². The molecular weight excluding hydrogens is 240 g/mol. The molecule has 0 bridgehead atoms. The lowest BCUT2D eigenvalue weighted by molar-refractivity contribution is 0.101. The molecule has 1 fully saturated rings. The molecule has 4 nitrogen and oxygen atoms in total. The molecule has 0 heterocycles. The summed E-state index contributed by atoms with van der Waals surface area (Å²) in [6.45, 7) is 4.59. The fraction of sp³-hybridized carbons (Fsp3) is 0.533. The van der Waals surface area contributed by atoms with Crippen molar-refractivity contribution in [1.82, 2.24) is 0 Å². The van der Waals surface area contributed by atoms with Crippen molar-refractivity contribution in [3.8, 4) is 5.75 Å². The van der Waals surface area contributed by atoms with Crippen LogP contribution in [-0.4, -0.2) is 17.1 Å². The third kappa shape index (κ3) is 3.40. The zero-order valence-corrected chi connectivity index (χ0v) is 11.5. The SMILES string of the molecule is CC1CCC(Oc2cccc(C(N)=NO)c2)CC1C. The van der Waals surface area contributed by atoms with Crippen LogP contribution < -0.4 is 10.5 Å². The molecule has 1 aromatic carbocycles. The van der Waals surface area contributed by atoms with Gasteiger partial charge in [-0.15, -0.1) is 0 Å². The Bertz CT molecular complexity index is 459. The first-order chi connectivity index (χ1) is 9.10. The maximum atomic E-state index is 8.69. The van der Waals surface area contributed by atoms with Crippen LogP contribution in [0.3, 0.4) is 0 Å². The molecule has 2 rings (SSSR count). The van der Waals surface area contributed by atoms with Gasteiger partial charge in [0, 0.05) is 5.56 Å². The van der Waals surface area contributed by atoms with E-state index in [1.165, 1.54) is 6.42 Å². The molecule has 0 radical (unpaired) electrons. The van der Waals surface area contributed by atoms with Crippen LogP contribution in [0.2, 0.25) is 0 Å². The largest absolute Gasteiger partial charge is 0.490 e. The smallest absolute Gasteiger partial charge is 0.170 e. The van der Waals surface area contributed by atoms with Gasteiger partial charge in [-0.2, -0.15) is 0 Å². The van der Waals surface area contributed by atoms with E-state index in [1.807, 2.05) is 18.2 Å². The van der Waals surface area contributed by atoms with E-state index < -0.39 is 0 Å². The first kappa shape index (κ1) is 13.7. The van der Waals surface area contributed by atoms with Gasteiger partial charge in [0.2, 0.25) is 0 Å². The highest BCUT2D eigenvalue weighted by Crippen LogP contribution is 2.31. The van der Waals surface area contributed by atoms with Gasteiger partial charge in [-0.05, 0) is 43.2 Å². The van der Waals surface area contributed by atoms with E-state index in [0.29, 0.717) is 11.5 Å². The summed E-state index contributed by atoms with van der Waals surface area (Å²) < 4.78 is 6.02. The lowest BCUT2D eigenvalue weighted by atomic mass is 9.80. The number of oxime groups is 1. The highest BCUT2D eigenvalue weighted by atomic mass is 16.5. The Morgan fingerprint density at radius 2 is 2.11 bits per heavy atom. The van der Waals surface area contributed by atoms with Crippen molar-refractivity contribution >= 4 is 5.84 Å². The summed E-state index contributed by atoms with van der Waals surface area (Å²) in [6.07, 6.45) is 3.67. The normalized spacial score (nSPS) is 28.1. The molecule has 3 unspecified atom stereocenters. The van der Waals surface area contributed by atoms with Crippen molar-refractivity contribution in [1.29, 1.82) is 0 Å². The first-order valence-corrected chi connectivity index (χ1v) is 6.84. The van der Waals surface area contributed by atoms with Gasteiger partial charge in [0.1, 0.15) is 5.75 Å². The maximum Gasteiger partial charge on any atom is 0.170 e. The molecule has 19 heavy (non-hydrogen) atoms. The van der Waals surface area contributed by atoms with Crippen molar-refractivity contribution in [2.45, 2.75) is 39.2 Å². The van der Waals surface area contributed by atoms with Crippen molar-refractivity contribution in [2.75, 3.05) is 0 Å². The highest BCUT2D eigenvalue weighted by Gasteiger charge is 2.25. The van der Waals surface area contributed by atoms with Crippen molar-refractivity contribution in [2.24, 2.45) is 22.7 Å². The third-order valence-electron chi connectivity index (χ3n) is 4.09. The van der Waals surface area contributed by atoms with Gasteiger partial charge in [-0.3, -0.25) is 0 Å². The van der Waals surface area contributed by atoms with Crippen LogP contribution in [0.4, 0.5) is 0 Å². The Kier molecular flexibility index (Phi) is 4.30. The lowest BCUT2D eigenvalue weighted by Gasteiger charge is -2.32. The molecule has 1 saturated carbocycles. The van der Waals surface area contributed by atoms with E-state index in [-0.39, 0.29) is 11.9 Å². The fourth-order valence-corrected chi connectivity index (χ4v) is 2.58. The average molecular weight is 262 g/mol. The minimum atomic E-state index is 0.107. The van der Waals surface area contributed by atoms with Gasteiger partial charge < -0.3 is 15.7 Å². The van der Waals surface area contributed by atoms with E-state index >= 15 is 0 Å². The van der Waals surface area contributed by atoms with Crippen LogP contribution in [-0.2, 0) is 0 Å². The van der Waals surface area contributed by atoms with Crippen LogP contribution in [0.1, 0.15) is 38.7 Å². The first-order valence-electron chi connectivity index (χ1n) is 6.84. The minimum absolute atomic E-state index is 0.107. The molecule has 1 aromatic rings. The Morgan fingerprint density at radius 1 is 1.32 bits per heavy atom. The van der Waals surface area contributed by atoms with Gasteiger partial charge in [-0.1, -0.05) is 31.1 Å². The molecule has 0 saturated heterocycles. The monoisotopic (exact) mass is 262 g/mol. The summed E-state index contributed by atoms with van der Waals surface area (Å²) >= 11 is 0. The topological polar surface area (TPSA) is 67.8 Å². The summed E-state index contributed by atoms with van der Waals surface area (Å²) in [4.78, 5) is 0. The predicted molar refractivity (Wildman–Crippen MR) is 75.5 cm³/mol. The summed E-state index contributed by atoms with van der Waals surface area (Å²) in [5, 5.41) is 11.7. The molecule has 1 aliphatic rings. The summed E-state index contributed by atoms with van der Waals surface area (Å²) in [5.74, 6) is 2.38. The number of nitrogens with two attached hydrogens (primary N) is 1. The van der Waals surface area contributed by atoms with E-state index in [4.69, 9.17) is 15.7 Å². The summed E-state index contributed by atoms with van der Waals surface area (Å²) in [7, 11) is 0. The number of nitrogens with zero attached hydrogens (tertiary/aromatic N) is 1. The minimum Gasteiger partial charge on any atom is -0.490 e. The quantitative estimate of drug-likeness (QED) is 0.381. The van der Waals surface area contributed by atoms with Gasteiger partial charge in [-0.25, -0.2) is 0 Å². The number of benzene rings is 1. The number of rotatable bonds is 3. The number of amidine groups is 1. The van der Waals surface area contributed by atoms with Gasteiger partial charge in [0.25, 0.3) is 0 Å². The van der Waals surface area contributed by atoms with Crippen LogP contribution in [0, 0.1) is 11.8 Å². The third-order valence-corrected chi connectivity index (χ3v) is 4.09. The summed E-state index contributed by atoms with van der Waals surface area (Å²) in [5.41, 5.74) is 6.26. The lowest BCUT2D eigenvalue weighted by Crippen LogP contribution is -2.28. The van der Waals surface area contributed by atoms with E-state index in [2.05, 4.69) is 19.0 Å². The Hall–Kier alpha value is -1.71. The molecule has 104 valence electrons. The van der Waals surface area contributed by atoms with Crippen LogP contribution >= 0.6 is 0 Å². The molecular formula is C15H22N2O2. The van der Waals surface area contributed by atoms with E-state index in [0.717, 1.165) is 24.5 Å². The molecule has 1 aliphatic carbocycles. The van der Waals surface area contributed by atoms with Crippen molar-refractivity contribution in [3.63, 3.8) is 0 Å². The zero-order chi connectivity index (χ0) is 13.8. The molecule has 0 amide bonds. The van der Waals surface area contributed by atoms with Crippen LogP contribution in [0.25, 0.3) is 0 Å². The van der Waals surface area contributed by atoms with Crippen molar-refractivity contribution in [3.05, 3.63) is 29.8 Å². The molecule has 3 N–H and O–H groups in total. The number of hydrogen-bond donors (Lipinski definition) is 2. The van der Waals surface area contributed by atoms with E-state index in [9.17, 15) is 0 Å². The maximum absolute atomic E-state index is 8.69. The number of ether oxygens (including phenoxy) is 1. The second kappa shape index (κ2) is 5.95. The number of hydrogen-bond acceptors (Lipinski definition) is 3. The van der Waals surface area contributed by atoms with Gasteiger partial charge in [0.05, 0.1) is 6.10 Å². The Morgan fingerprint density at radius 3 is 2.79 bits per heavy atom. The van der Waals surface area contributed by atoms with Crippen LogP contribution in [0.15, 0.2) is 29.4 Å². The molecule has 0 spiro atoms. The molecule has 0 aromatic heterocycles. The van der Waals surface area contributed by atoms with Crippen molar-refractivity contribution < 1.29 is 9.94 Å². The average Bonchev–Trinajstić information content (AvgIpc) is 2.42. The second-order valence-electron chi connectivity index (χ2n) is 5.52. The molecule has 4 heteroatoms. The van der Waals surface area contributed by atoms with Crippen LogP contribution in [0.5, 0.6) is 5.75 Å². The predicted octanol–water partition coefficient (Wildman–Crippen LogP) is 2.98. The molecule has 3 atom stereocenters. The summed E-state index contributed by atoms with van der Waals surface area (Å²) in [6, 6.07) is 7.39. The fourth-order valence-electron chi connectivity index (χ4n) is 2.58. The highest BCUT2D eigenvalue weighted by molar-refractivity contribution is 5.97. The zero-order valence-electron chi connectivity index (χ0n) is 11.5. The molecule has 0 aliphatic heterocycles. The van der Waals surface area contributed by atoms with Gasteiger partial charge in [0.15, 0.2) is 5.84 Å². The Balaban J connectivity index is 2.03. The Labute approximate surface area is 114 Å².